The van der Waals surface area contributed by atoms with Gasteiger partial charge in [-0.1, -0.05) is 23.7 Å². The van der Waals surface area contributed by atoms with Gasteiger partial charge in [-0.2, -0.15) is 5.10 Å². The number of piperidine rings is 1. The maximum Gasteiger partial charge on any atom is 0.257 e. The average molecular weight is 355 g/mol. The topological polar surface area (TPSA) is 64.2 Å². The molecule has 2 N–H and O–H groups in total. The van der Waals surface area contributed by atoms with Crippen LogP contribution in [0.2, 0.25) is 5.02 Å². The number of aromatic nitrogens is 2. The molecule has 23 heavy (non-hydrogen) atoms. The van der Waals surface area contributed by atoms with E-state index in [1.165, 1.54) is 0 Å². The number of carbonyl (C=O) groups is 1. The van der Waals surface area contributed by atoms with E-state index >= 15 is 0 Å². The minimum Gasteiger partial charge on any atom is -0.338 e. The molecule has 1 saturated heterocycles. The number of para-hydroxylation sites is 1. The molecule has 2 heterocycles. The Labute approximate surface area is 146 Å². The van der Waals surface area contributed by atoms with Crippen molar-refractivity contribution in [3.05, 3.63) is 46.7 Å². The largest absolute Gasteiger partial charge is 0.338 e. The summed E-state index contributed by atoms with van der Waals surface area (Å²) in [6.07, 6.45) is 3.32. The lowest BCUT2D eigenvalue weighted by Crippen LogP contribution is -2.42. The Balaban J connectivity index is 0.00000192. The summed E-state index contributed by atoms with van der Waals surface area (Å²) in [7, 11) is 0. The first-order valence-corrected chi connectivity index (χ1v) is 7.80. The summed E-state index contributed by atoms with van der Waals surface area (Å²) >= 11 is 6.21. The second-order valence-corrected chi connectivity index (χ2v) is 6.04. The van der Waals surface area contributed by atoms with Crippen molar-refractivity contribution >= 4 is 29.9 Å². The molecule has 0 unspecified atom stereocenters. The van der Waals surface area contributed by atoms with Crippen LogP contribution in [0.1, 0.15) is 28.9 Å². The summed E-state index contributed by atoms with van der Waals surface area (Å²) in [5.74, 6) is 0.0164. The number of benzene rings is 1. The van der Waals surface area contributed by atoms with Crippen molar-refractivity contribution in [3.63, 3.8) is 0 Å². The molecule has 1 aromatic carbocycles. The van der Waals surface area contributed by atoms with Gasteiger partial charge in [0.15, 0.2) is 0 Å². The van der Waals surface area contributed by atoms with Gasteiger partial charge in [-0.25, -0.2) is 4.68 Å². The fraction of sp³-hybridized carbons (Fsp3) is 0.375. The summed E-state index contributed by atoms with van der Waals surface area (Å²) in [5.41, 5.74) is 8.09. The highest BCUT2D eigenvalue weighted by Gasteiger charge is 2.25. The van der Waals surface area contributed by atoms with Gasteiger partial charge in [-0.15, -0.1) is 12.4 Å². The molecular formula is C16H20Cl2N4O. The number of hydrogen-bond acceptors (Lipinski definition) is 3. The van der Waals surface area contributed by atoms with Crippen molar-refractivity contribution in [2.24, 2.45) is 5.73 Å². The second kappa shape index (κ2) is 7.34. The van der Waals surface area contributed by atoms with Crippen molar-refractivity contribution < 1.29 is 4.79 Å². The Morgan fingerprint density at radius 1 is 1.30 bits per heavy atom. The summed E-state index contributed by atoms with van der Waals surface area (Å²) in [6.45, 7) is 3.30. The van der Waals surface area contributed by atoms with Gasteiger partial charge in [0, 0.05) is 19.1 Å². The Morgan fingerprint density at radius 2 is 1.96 bits per heavy atom. The monoisotopic (exact) mass is 354 g/mol. The van der Waals surface area contributed by atoms with Crippen LogP contribution >= 0.6 is 24.0 Å². The van der Waals surface area contributed by atoms with Crippen molar-refractivity contribution in [2.75, 3.05) is 13.1 Å². The van der Waals surface area contributed by atoms with E-state index < -0.39 is 0 Å². The van der Waals surface area contributed by atoms with Crippen LogP contribution in [0.25, 0.3) is 5.69 Å². The van der Waals surface area contributed by atoms with Crippen LogP contribution in [0.5, 0.6) is 0 Å². The molecule has 1 aliphatic rings. The lowest BCUT2D eigenvalue weighted by molar-refractivity contribution is 0.0714. The number of amides is 1. The molecule has 3 rings (SSSR count). The average Bonchev–Trinajstić information content (AvgIpc) is 2.89. The fourth-order valence-electron chi connectivity index (χ4n) is 2.76. The molecule has 7 heteroatoms. The number of nitrogens with zero attached hydrogens (tertiary/aromatic N) is 3. The van der Waals surface area contributed by atoms with E-state index in [0.29, 0.717) is 23.7 Å². The number of hydrogen-bond donors (Lipinski definition) is 1. The van der Waals surface area contributed by atoms with Crippen LogP contribution in [0.3, 0.4) is 0 Å². The zero-order valence-electron chi connectivity index (χ0n) is 12.9. The van der Waals surface area contributed by atoms with Crippen LogP contribution in [0, 0.1) is 6.92 Å². The zero-order chi connectivity index (χ0) is 15.7. The van der Waals surface area contributed by atoms with E-state index in [-0.39, 0.29) is 24.4 Å². The van der Waals surface area contributed by atoms with Crippen LogP contribution in [-0.2, 0) is 0 Å². The van der Waals surface area contributed by atoms with Crippen LogP contribution in [-0.4, -0.2) is 39.7 Å². The van der Waals surface area contributed by atoms with Crippen molar-refractivity contribution in [2.45, 2.75) is 25.8 Å². The van der Waals surface area contributed by atoms with E-state index in [4.69, 9.17) is 17.3 Å². The molecule has 0 atom stereocenters. The molecule has 5 nitrogen and oxygen atoms in total. The molecule has 2 aromatic rings. The normalized spacial score (nSPS) is 15.3. The van der Waals surface area contributed by atoms with E-state index in [9.17, 15) is 4.79 Å². The smallest absolute Gasteiger partial charge is 0.257 e. The van der Waals surface area contributed by atoms with Crippen LogP contribution in [0.15, 0.2) is 30.5 Å². The molecule has 1 aliphatic heterocycles. The number of halogens is 2. The third-order valence-electron chi connectivity index (χ3n) is 4.15. The molecule has 0 radical (unpaired) electrons. The lowest BCUT2D eigenvalue weighted by atomic mass is 10.1. The molecule has 0 bridgehead atoms. The minimum absolute atomic E-state index is 0. The number of nitrogens with two attached hydrogens (primary N) is 1. The zero-order valence-corrected chi connectivity index (χ0v) is 14.5. The SMILES string of the molecule is Cc1c(C(=O)N2CCC(N)CC2)cnn1-c1ccccc1Cl.Cl. The molecule has 1 aromatic heterocycles. The van der Waals surface area contributed by atoms with E-state index in [1.54, 1.807) is 10.9 Å². The molecular weight excluding hydrogens is 335 g/mol. The van der Waals surface area contributed by atoms with Gasteiger partial charge in [-0.3, -0.25) is 4.79 Å². The van der Waals surface area contributed by atoms with Gasteiger partial charge in [0.2, 0.25) is 0 Å². The predicted octanol–water partition coefficient (Wildman–Crippen LogP) is 2.82. The maximum absolute atomic E-state index is 12.7. The fourth-order valence-corrected chi connectivity index (χ4v) is 2.97. The van der Waals surface area contributed by atoms with Gasteiger partial charge in [-0.05, 0) is 31.9 Å². The molecule has 1 amide bonds. The minimum atomic E-state index is 0. The quantitative estimate of drug-likeness (QED) is 0.901. The van der Waals surface area contributed by atoms with Gasteiger partial charge < -0.3 is 10.6 Å². The maximum atomic E-state index is 12.7. The van der Waals surface area contributed by atoms with Crippen molar-refractivity contribution in [3.8, 4) is 5.69 Å². The summed E-state index contributed by atoms with van der Waals surface area (Å²) < 4.78 is 1.71. The molecule has 124 valence electrons. The summed E-state index contributed by atoms with van der Waals surface area (Å²) in [4.78, 5) is 14.5. The molecule has 0 saturated carbocycles. The first-order chi connectivity index (χ1) is 10.6. The third-order valence-corrected chi connectivity index (χ3v) is 4.47. The first kappa shape index (κ1) is 17.8. The lowest BCUT2D eigenvalue weighted by Gasteiger charge is -2.30. The first-order valence-electron chi connectivity index (χ1n) is 7.42. The molecule has 0 aliphatic carbocycles. The Hall–Kier alpha value is -1.56. The second-order valence-electron chi connectivity index (χ2n) is 5.64. The Bertz CT molecular complexity index is 693. The summed E-state index contributed by atoms with van der Waals surface area (Å²) in [5, 5.41) is 4.95. The highest BCUT2D eigenvalue weighted by atomic mass is 35.5. The van der Waals surface area contributed by atoms with Crippen LogP contribution in [0.4, 0.5) is 0 Å². The van der Waals surface area contributed by atoms with Gasteiger partial charge in [0.25, 0.3) is 5.91 Å². The molecule has 1 fully saturated rings. The van der Waals surface area contributed by atoms with Crippen molar-refractivity contribution in [1.82, 2.24) is 14.7 Å². The predicted molar refractivity (Wildman–Crippen MR) is 93.7 cm³/mol. The van der Waals surface area contributed by atoms with E-state index in [0.717, 1.165) is 24.2 Å². The van der Waals surface area contributed by atoms with Crippen molar-refractivity contribution in [1.29, 1.82) is 0 Å². The van der Waals surface area contributed by atoms with Gasteiger partial charge in [0.05, 0.1) is 28.2 Å². The number of carbonyl (C=O) groups excluding carboxylic acids is 1. The standard InChI is InChI=1S/C16H19ClN4O.ClH/c1-11-13(16(22)20-8-6-12(18)7-9-20)10-19-21(11)15-5-3-2-4-14(15)17;/h2-5,10,12H,6-9,18H2,1H3;1H. The third kappa shape index (κ3) is 3.52. The number of likely N-dealkylation sites (tertiary alicyclic amines) is 1. The van der Waals surface area contributed by atoms with E-state index in [2.05, 4.69) is 5.10 Å². The Morgan fingerprint density at radius 3 is 2.61 bits per heavy atom. The van der Waals surface area contributed by atoms with E-state index in [1.807, 2.05) is 36.1 Å². The van der Waals surface area contributed by atoms with Gasteiger partial charge in [0.1, 0.15) is 0 Å². The highest BCUT2D eigenvalue weighted by Crippen LogP contribution is 2.23. The number of rotatable bonds is 2. The summed E-state index contributed by atoms with van der Waals surface area (Å²) in [6, 6.07) is 7.67. The highest BCUT2D eigenvalue weighted by molar-refractivity contribution is 6.32. The van der Waals surface area contributed by atoms with Gasteiger partial charge >= 0.3 is 0 Å². The Kier molecular flexibility index (Phi) is 5.68. The van der Waals surface area contributed by atoms with Crippen LogP contribution < -0.4 is 5.73 Å². The molecule has 0 spiro atoms.